The first-order valence-corrected chi connectivity index (χ1v) is 7.92. The van der Waals surface area contributed by atoms with E-state index in [4.69, 9.17) is 0 Å². The molecule has 0 aromatic heterocycles. The molecule has 0 saturated heterocycles. The van der Waals surface area contributed by atoms with Crippen molar-refractivity contribution in [3.63, 3.8) is 0 Å². The van der Waals surface area contributed by atoms with Gasteiger partial charge in [-0.25, -0.2) is 4.39 Å². The smallest absolute Gasteiger partial charge is 0.164 e. The third kappa shape index (κ3) is 6.33. The van der Waals surface area contributed by atoms with Crippen molar-refractivity contribution < 1.29 is 9.18 Å². The number of hydrogen-bond donors (Lipinski definition) is 0. The number of unbranched alkanes of at least 4 members (excludes halogenated alkanes) is 6. The van der Waals surface area contributed by atoms with Crippen LogP contribution in [0.15, 0.2) is 22.7 Å². The van der Waals surface area contributed by atoms with Crippen LogP contribution >= 0.6 is 15.9 Å². The third-order valence-corrected chi connectivity index (χ3v) is 3.93. The van der Waals surface area contributed by atoms with Gasteiger partial charge in [0.25, 0.3) is 0 Å². The highest BCUT2D eigenvalue weighted by atomic mass is 79.9. The molecule has 1 aromatic rings. The summed E-state index contributed by atoms with van der Waals surface area (Å²) in [5.74, 6) is -0.328. The molecule has 0 aliphatic rings. The molecule has 0 fully saturated rings. The van der Waals surface area contributed by atoms with E-state index < -0.39 is 0 Å². The number of benzene rings is 1. The second-order valence-electron chi connectivity index (χ2n) is 4.92. The largest absolute Gasteiger partial charge is 0.294 e. The Balaban J connectivity index is 2.26. The Hall–Kier alpha value is -0.700. The second-order valence-corrected chi connectivity index (χ2v) is 5.77. The molecule has 0 spiro atoms. The highest BCUT2D eigenvalue weighted by molar-refractivity contribution is 9.10. The summed E-state index contributed by atoms with van der Waals surface area (Å²) in [6.45, 7) is 2.20. The summed E-state index contributed by atoms with van der Waals surface area (Å²) < 4.78 is 13.8. The van der Waals surface area contributed by atoms with E-state index in [9.17, 15) is 9.18 Å². The summed E-state index contributed by atoms with van der Waals surface area (Å²) in [6, 6.07) is 4.26. The van der Waals surface area contributed by atoms with Gasteiger partial charge < -0.3 is 0 Å². The molecule has 106 valence electrons. The van der Waals surface area contributed by atoms with E-state index >= 15 is 0 Å². The molecule has 0 aliphatic heterocycles. The Labute approximate surface area is 123 Å². The first-order valence-electron chi connectivity index (χ1n) is 7.13. The molecule has 0 radical (unpaired) electrons. The quantitative estimate of drug-likeness (QED) is 0.406. The SMILES string of the molecule is CCCCCCCCCC(=O)c1cc(F)ccc1Br. The molecule has 19 heavy (non-hydrogen) atoms. The van der Waals surface area contributed by atoms with Crippen molar-refractivity contribution in [3.05, 3.63) is 34.1 Å². The van der Waals surface area contributed by atoms with Gasteiger partial charge in [-0.2, -0.15) is 0 Å². The van der Waals surface area contributed by atoms with Crippen molar-refractivity contribution in [2.75, 3.05) is 0 Å². The summed E-state index contributed by atoms with van der Waals surface area (Å²) in [5, 5.41) is 0. The van der Waals surface area contributed by atoms with Crippen LogP contribution in [0.2, 0.25) is 0 Å². The van der Waals surface area contributed by atoms with Gasteiger partial charge >= 0.3 is 0 Å². The molecule has 0 amide bonds. The minimum atomic E-state index is -0.355. The second kappa shape index (κ2) is 9.24. The van der Waals surface area contributed by atoms with Crippen LogP contribution in [-0.2, 0) is 0 Å². The predicted octanol–water partition coefficient (Wildman–Crippen LogP) is 5.91. The average Bonchev–Trinajstić information content (AvgIpc) is 2.40. The van der Waals surface area contributed by atoms with Crippen LogP contribution in [0.25, 0.3) is 0 Å². The molecule has 1 aromatic carbocycles. The van der Waals surface area contributed by atoms with Crippen molar-refractivity contribution in [3.8, 4) is 0 Å². The van der Waals surface area contributed by atoms with Gasteiger partial charge in [-0.3, -0.25) is 4.79 Å². The lowest BCUT2D eigenvalue weighted by Crippen LogP contribution is -2.01. The molecule has 1 nitrogen and oxygen atoms in total. The van der Waals surface area contributed by atoms with Crippen LogP contribution in [0, 0.1) is 5.82 Å². The van der Waals surface area contributed by atoms with E-state index in [2.05, 4.69) is 22.9 Å². The number of ketones is 1. The molecule has 0 aliphatic carbocycles. The normalized spacial score (nSPS) is 10.7. The van der Waals surface area contributed by atoms with Crippen LogP contribution in [0.4, 0.5) is 4.39 Å². The number of carbonyl (C=O) groups excluding carboxylic acids is 1. The number of carbonyl (C=O) groups is 1. The maximum Gasteiger partial charge on any atom is 0.164 e. The minimum absolute atomic E-state index is 0.0277. The van der Waals surface area contributed by atoms with Crippen molar-refractivity contribution >= 4 is 21.7 Å². The average molecular weight is 329 g/mol. The van der Waals surface area contributed by atoms with Gasteiger partial charge in [0.1, 0.15) is 5.82 Å². The number of rotatable bonds is 9. The fourth-order valence-corrected chi connectivity index (χ4v) is 2.56. The maximum atomic E-state index is 13.1. The van der Waals surface area contributed by atoms with Crippen molar-refractivity contribution in [1.29, 1.82) is 0 Å². The molecule has 1 rings (SSSR count). The van der Waals surface area contributed by atoms with E-state index in [0.29, 0.717) is 16.5 Å². The Kier molecular flexibility index (Phi) is 7.96. The fourth-order valence-electron chi connectivity index (χ4n) is 2.09. The van der Waals surface area contributed by atoms with Crippen molar-refractivity contribution in [1.82, 2.24) is 0 Å². The van der Waals surface area contributed by atoms with E-state index in [-0.39, 0.29) is 11.6 Å². The number of hydrogen-bond acceptors (Lipinski definition) is 1. The van der Waals surface area contributed by atoms with Gasteiger partial charge in [-0.15, -0.1) is 0 Å². The third-order valence-electron chi connectivity index (χ3n) is 3.24. The number of halogens is 2. The lowest BCUT2D eigenvalue weighted by Gasteiger charge is -2.04. The fraction of sp³-hybridized carbons (Fsp3) is 0.562. The molecule has 0 atom stereocenters. The van der Waals surface area contributed by atoms with Gasteiger partial charge in [0.05, 0.1) is 0 Å². The zero-order valence-corrected chi connectivity index (χ0v) is 13.1. The molecule has 0 bridgehead atoms. The maximum absolute atomic E-state index is 13.1. The summed E-state index contributed by atoms with van der Waals surface area (Å²) in [7, 11) is 0. The highest BCUT2D eigenvalue weighted by Crippen LogP contribution is 2.20. The molecule has 0 saturated carbocycles. The van der Waals surface area contributed by atoms with E-state index in [0.717, 1.165) is 12.8 Å². The Bertz CT molecular complexity index is 404. The molecule has 0 heterocycles. The van der Waals surface area contributed by atoms with Gasteiger partial charge in [0.15, 0.2) is 5.78 Å². The Morgan fingerprint density at radius 3 is 2.42 bits per heavy atom. The van der Waals surface area contributed by atoms with Crippen LogP contribution < -0.4 is 0 Å². The van der Waals surface area contributed by atoms with Crippen LogP contribution in [0.1, 0.15) is 68.6 Å². The topological polar surface area (TPSA) is 17.1 Å². The first kappa shape index (κ1) is 16.4. The highest BCUT2D eigenvalue weighted by Gasteiger charge is 2.10. The minimum Gasteiger partial charge on any atom is -0.294 e. The van der Waals surface area contributed by atoms with Crippen LogP contribution in [0.3, 0.4) is 0 Å². The van der Waals surface area contributed by atoms with Crippen molar-refractivity contribution in [2.45, 2.75) is 58.3 Å². The summed E-state index contributed by atoms with van der Waals surface area (Å²) in [6.07, 6.45) is 8.79. The van der Waals surface area contributed by atoms with E-state index in [1.807, 2.05) is 0 Å². The summed E-state index contributed by atoms with van der Waals surface area (Å²) in [5.41, 5.74) is 0.464. The standard InChI is InChI=1S/C16H22BrFO/c1-2-3-4-5-6-7-8-9-16(19)14-12-13(18)10-11-15(14)17/h10-12H,2-9H2,1H3. The molecule has 0 N–H and O–H groups in total. The zero-order valence-electron chi connectivity index (χ0n) is 11.6. The lowest BCUT2D eigenvalue weighted by molar-refractivity contribution is 0.0978. The molecular weight excluding hydrogens is 307 g/mol. The molecule has 3 heteroatoms. The van der Waals surface area contributed by atoms with Crippen LogP contribution in [-0.4, -0.2) is 5.78 Å². The van der Waals surface area contributed by atoms with Gasteiger partial charge in [0.2, 0.25) is 0 Å². The van der Waals surface area contributed by atoms with Gasteiger partial charge in [-0.05, 0) is 24.6 Å². The van der Waals surface area contributed by atoms with Gasteiger partial charge in [-0.1, -0.05) is 61.4 Å². The first-order chi connectivity index (χ1) is 9.15. The van der Waals surface area contributed by atoms with Crippen molar-refractivity contribution in [2.24, 2.45) is 0 Å². The van der Waals surface area contributed by atoms with E-state index in [1.54, 1.807) is 6.07 Å². The lowest BCUT2D eigenvalue weighted by atomic mass is 10.0. The summed E-state index contributed by atoms with van der Waals surface area (Å²) in [4.78, 5) is 12.0. The number of Topliss-reactive ketones (excluding diaryl/α,β-unsaturated/α-hetero) is 1. The Morgan fingerprint density at radius 2 is 1.74 bits per heavy atom. The molecule has 0 unspecified atom stereocenters. The Morgan fingerprint density at radius 1 is 1.11 bits per heavy atom. The van der Waals surface area contributed by atoms with Crippen LogP contribution in [0.5, 0.6) is 0 Å². The van der Waals surface area contributed by atoms with Gasteiger partial charge in [0, 0.05) is 16.5 Å². The van der Waals surface area contributed by atoms with E-state index in [1.165, 1.54) is 44.2 Å². The zero-order chi connectivity index (χ0) is 14.1. The summed E-state index contributed by atoms with van der Waals surface area (Å²) >= 11 is 3.29. The predicted molar refractivity (Wildman–Crippen MR) is 81.0 cm³/mol. The molecular formula is C16H22BrFO. The monoisotopic (exact) mass is 328 g/mol.